The van der Waals surface area contributed by atoms with Crippen molar-refractivity contribution in [3.63, 3.8) is 0 Å². The maximum Gasteiger partial charge on any atom is 0.185 e. The minimum Gasteiger partial charge on any atom is -0.372 e. The van der Waals surface area contributed by atoms with E-state index >= 15 is 0 Å². The van der Waals surface area contributed by atoms with Gasteiger partial charge in [-0.2, -0.15) is 0 Å². The van der Waals surface area contributed by atoms with E-state index in [9.17, 15) is 9.90 Å². The molecule has 3 nitrogen and oxygen atoms in total. The summed E-state index contributed by atoms with van der Waals surface area (Å²) in [5.74, 6) is -0.0920. The van der Waals surface area contributed by atoms with Crippen LogP contribution in [0.3, 0.4) is 0 Å². The molecule has 0 aromatic heterocycles. The number of nitrogens with two attached hydrogens (primary N) is 1. The third-order valence-electron chi connectivity index (χ3n) is 2.71. The van der Waals surface area contributed by atoms with Crippen molar-refractivity contribution >= 4 is 11.9 Å². The molecule has 0 radical (unpaired) electrons. The maximum absolute atomic E-state index is 11.9. The summed E-state index contributed by atoms with van der Waals surface area (Å²) in [5, 5.41) is 9.50. The molecule has 0 heterocycles. The van der Waals surface area contributed by atoms with Crippen LogP contribution in [0.5, 0.6) is 0 Å². The minimum atomic E-state index is -1.33. The van der Waals surface area contributed by atoms with E-state index < -0.39 is 5.72 Å². The van der Waals surface area contributed by atoms with Crippen LogP contribution in [0, 0.1) is 0 Å². The van der Waals surface area contributed by atoms with Gasteiger partial charge in [-0.1, -0.05) is 48.6 Å². The molecule has 3 heteroatoms. The number of carbonyl (C=O) groups excluding carboxylic acids is 1. The van der Waals surface area contributed by atoms with Crippen LogP contribution in [0.1, 0.15) is 12.0 Å². The zero-order chi connectivity index (χ0) is 13.0. The molecule has 2 rings (SSSR count). The first kappa shape index (κ1) is 12.5. The summed E-state index contributed by atoms with van der Waals surface area (Å²) < 4.78 is 0. The minimum absolute atomic E-state index is 0.0920. The molecule has 0 saturated heterocycles. The zero-order valence-corrected chi connectivity index (χ0v) is 9.91. The third kappa shape index (κ3) is 3.26. The summed E-state index contributed by atoms with van der Waals surface area (Å²) in [7, 11) is 0. The summed E-state index contributed by atoms with van der Waals surface area (Å²) in [6.45, 7) is 0. The van der Waals surface area contributed by atoms with Crippen LogP contribution < -0.4 is 5.73 Å². The van der Waals surface area contributed by atoms with Gasteiger partial charge in [-0.15, -0.1) is 0 Å². The van der Waals surface area contributed by atoms with Crippen molar-refractivity contribution in [1.82, 2.24) is 0 Å². The average molecular weight is 241 g/mol. The van der Waals surface area contributed by atoms with E-state index in [1.807, 2.05) is 30.3 Å². The van der Waals surface area contributed by atoms with Crippen molar-refractivity contribution in [3.8, 4) is 0 Å². The molecule has 1 unspecified atom stereocenters. The Morgan fingerprint density at radius 2 is 2.06 bits per heavy atom. The van der Waals surface area contributed by atoms with Crippen LogP contribution in [-0.4, -0.2) is 16.6 Å². The smallest absolute Gasteiger partial charge is 0.185 e. The Kier molecular flexibility index (Phi) is 3.55. The number of benzene rings is 1. The van der Waals surface area contributed by atoms with Crippen molar-refractivity contribution in [1.29, 1.82) is 0 Å². The molecule has 1 aliphatic carbocycles. The third-order valence-corrected chi connectivity index (χ3v) is 2.71. The molecule has 0 fully saturated rings. The van der Waals surface area contributed by atoms with Gasteiger partial charge >= 0.3 is 0 Å². The molecule has 0 bridgehead atoms. The van der Waals surface area contributed by atoms with Gasteiger partial charge in [0.1, 0.15) is 5.72 Å². The lowest BCUT2D eigenvalue weighted by Crippen LogP contribution is -2.37. The Balaban J connectivity index is 2.04. The highest BCUT2D eigenvalue weighted by Gasteiger charge is 2.20. The Morgan fingerprint density at radius 1 is 1.33 bits per heavy atom. The van der Waals surface area contributed by atoms with Gasteiger partial charge in [0.15, 0.2) is 5.78 Å². The van der Waals surface area contributed by atoms with E-state index in [0.717, 1.165) is 5.56 Å². The predicted molar refractivity (Wildman–Crippen MR) is 71.5 cm³/mol. The van der Waals surface area contributed by atoms with E-state index in [-0.39, 0.29) is 12.2 Å². The second-order valence-corrected chi connectivity index (χ2v) is 4.30. The molecule has 0 amide bonds. The number of hydrogen-bond donors (Lipinski definition) is 2. The Labute approximate surface area is 106 Å². The molecule has 1 aromatic rings. The highest BCUT2D eigenvalue weighted by Crippen LogP contribution is 2.17. The fraction of sp³-hybridized carbons (Fsp3) is 0.133. The standard InChI is InChI=1S/C15H15NO2/c16-15(18)10-8-13(9-11-15)14(17)7-6-12-4-2-1-3-5-12/h1-10,18H,11,16H2. The van der Waals surface area contributed by atoms with Gasteiger partial charge in [-0.3, -0.25) is 4.79 Å². The van der Waals surface area contributed by atoms with Crippen molar-refractivity contribution in [2.75, 3.05) is 0 Å². The van der Waals surface area contributed by atoms with Gasteiger partial charge < -0.3 is 10.8 Å². The van der Waals surface area contributed by atoms with Gasteiger partial charge in [-0.05, 0) is 17.7 Å². The van der Waals surface area contributed by atoms with Crippen molar-refractivity contribution in [2.24, 2.45) is 5.73 Å². The van der Waals surface area contributed by atoms with Gasteiger partial charge in [0.2, 0.25) is 0 Å². The van der Waals surface area contributed by atoms with Crippen molar-refractivity contribution in [2.45, 2.75) is 12.1 Å². The largest absolute Gasteiger partial charge is 0.372 e. The topological polar surface area (TPSA) is 63.3 Å². The number of ketones is 1. The zero-order valence-electron chi connectivity index (χ0n) is 9.91. The van der Waals surface area contributed by atoms with Crippen molar-refractivity contribution < 1.29 is 9.90 Å². The summed E-state index contributed by atoms with van der Waals surface area (Å²) >= 11 is 0. The first-order valence-corrected chi connectivity index (χ1v) is 5.75. The lowest BCUT2D eigenvalue weighted by atomic mass is 9.97. The number of aliphatic hydroxyl groups is 1. The second kappa shape index (κ2) is 5.12. The first-order chi connectivity index (χ1) is 8.57. The Morgan fingerprint density at radius 3 is 2.67 bits per heavy atom. The van der Waals surface area contributed by atoms with Gasteiger partial charge in [0.25, 0.3) is 0 Å². The number of rotatable bonds is 3. The molecule has 3 N–H and O–H groups in total. The molecule has 1 aromatic carbocycles. The van der Waals surface area contributed by atoms with Crippen LogP contribution in [0.15, 0.2) is 60.2 Å². The van der Waals surface area contributed by atoms with Crippen LogP contribution >= 0.6 is 0 Å². The normalized spacial score (nSPS) is 23.1. The Hall–Kier alpha value is -1.97. The van der Waals surface area contributed by atoms with Gasteiger partial charge in [-0.25, -0.2) is 0 Å². The SMILES string of the molecule is NC1(O)C=CC(C(=O)C=Cc2ccccc2)=CC1. The molecular formula is C15H15NO2. The molecule has 18 heavy (non-hydrogen) atoms. The van der Waals surface area contributed by atoms with Gasteiger partial charge in [0, 0.05) is 12.0 Å². The molecule has 1 aliphatic rings. The van der Waals surface area contributed by atoms with Crippen LogP contribution in [0.25, 0.3) is 6.08 Å². The fourth-order valence-electron chi connectivity index (χ4n) is 1.66. The lowest BCUT2D eigenvalue weighted by Gasteiger charge is -2.20. The van der Waals surface area contributed by atoms with Crippen LogP contribution in [-0.2, 0) is 4.79 Å². The molecule has 0 saturated carbocycles. The molecule has 92 valence electrons. The summed E-state index contributed by atoms with van der Waals surface area (Å²) in [4.78, 5) is 11.9. The monoisotopic (exact) mass is 241 g/mol. The molecular weight excluding hydrogens is 226 g/mol. The second-order valence-electron chi connectivity index (χ2n) is 4.30. The summed E-state index contributed by atoms with van der Waals surface area (Å²) in [6, 6.07) is 9.60. The van der Waals surface area contributed by atoms with E-state index in [2.05, 4.69) is 0 Å². The van der Waals surface area contributed by atoms with Gasteiger partial charge in [0.05, 0.1) is 0 Å². The number of hydrogen-bond acceptors (Lipinski definition) is 3. The van der Waals surface area contributed by atoms with Crippen molar-refractivity contribution in [3.05, 3.63) is 65.8 Å². The van der Waals surface area contributed by atoms with Crippen LogP contribution in [0.2, 0.25) is 0 Å². The highest BCUT2D eigenvalue weighted by molar-refractivity contribution is 6.08. The average Bonchev–Trinajstić information content (AvgIpc) is 2.37. The number of carbonyl (C=O) groups is 1. The lowest BCUT2D eigenvalue weighted by molar-refractivity contribution is -0.111. The maximum atomic E-state index is 11.9. The van der Waals surface area contributed by atoms with E-state index in [0.29, 0.717) is 5.57 Å². The van der Waals surface area contributed by atoms with E-state index in [1.54, 1.807) is 18.2 Å². The van der Waals surface area contributed by atoms with E-state index in [4.69, 9.17) is 5.73 Å². The highest BCUT2D eigenvalue weighted by atomic mass is 16.3. The predicted octanol–water partition coefficient (Wildman–Crippen LogP) is 1.80. The summed E-state index contributed by atoms with van der Waals surface area (Å²) in [5.41, 5.74) is 5.70. The molecule has 1 atom stereocenters. The molecule has 0 aliphatic heterocycles. The fourth-order valence-corrected chi connectivity index (χ4v) is 1.66. The summed E-state index contributed by atoms with van der Waals surface area (Å²) in [6.07, 6.45) is 8.19. The quantitative estimate of drug-likeness (QED) is 0.626. The molecule has 0 spiro atoms. The first-order valence-electron chi connectivity index (χ1n) is 5.75. The van der Waals surface area contributed by atoms with E-state index in [1.165, 1.54) is 12.2 Å². The van der Waals surface area contributed by atoms with Crippen LogP contribution in [0.4, 0.5) is 0 Å². The Bertz CT molecular complexity index is 525. The number of allylic oxidation sites excluding steroid dienone is 3.